The fraction of sp³-hybridized carbons (Fsp3) is 0.882. The van der Waals surface area contributed by atoms with Crippen LogP contribution in [0.5, 0.6) is 0 Å². The van der Waals surface area contributed by atoms with Gasteiger partial charge in [-0.15, -0.1) is 11.6 Å². The fourth-order valence-corrected chi connectivity index (χ4v) is 2.66. The summed E-state index contributed by atoms with van der Waals surface area (Å²) in [5.41, 5.74) is 0. The molecule has 7 nitrogen and oxygen atoms in total. The summed E-state index contributed by atoms with van der Waals surface area (Å²) in [4.78, 5) is 23.9. The molecule has 0 aromatic heterocycles. The smallest absolute Gasteiger partial charge is 0.338 e. The van der Waals surface area contributed by atoms with Gasteiger partial charge < -0.3 is 23.7 Å². The highest BCUT2D eigenvalue weighted by molar-refractivity contribution is 6.26. The Hall–Kier alpha value is -0.825. The number of halogens is 1. The Morgan fingerprint density at radius 2 is 1.62 bits per heavy atom. The lowest BCUT2D eigenvalue weighted by Gasteiger charge is -2.44. The number of rotatable bonds is 11. The first-order valence-electron chi connectivity index (χ1n) is 8.97. The zero-order valence-electron chi connectivity index (χ0n) is 15.6. The molecule has 1 fully saturated rings. The van der Waals surface area contributed by atoms with Crippen molar-refractivity contribution in [1.82, 2.24) is 0 Å². The van der Waals surface area contributed by atoms with Crippen LogP contribution in [-0.4, -0.2) is 76.4 Å². The zero-order chi connectivity index (χ0) is 19.5. The summed E-state index contributed by atoms with van der Waals surface area (Å²) in [6.07, 6.45) is -0.226. The molecular formula is C17H28BClO7. The summed E-state index contributed by atoms with van der Waals surface area (Å²) in [7, 11) is 7.28. The Labute approximate surface area is 161 Å². The van der Waals surface area contributed by atoms with Gasteiger partial charge in [0.15, 0.2) is 12.2 Å². The number of esters is 2. The Kier molecular flexibility index (Phi) is 11.2. The van der Waals surface area contributed by atoms with Crippen molar-refractivity contribution in [1.29, 1.82) is 0 Å². The van der Waals surface area contributed by atoms with Crippen LogP contribution in [0.1, 0.15) is 39.5 Å². The van der Waals surface area contributed by atoms with Crippen molar-refractivity contribution in [3.63, 3.8) is 0 Å². The molecule has 1 heterocycles. The number of carbonyl (C=O) groups excluding carboxylic acids is 2. The molecule has 0 saturated carbocycles. The maximum absolute atomic E-state index is 12.1. The van der Waals surface area contributed by atoms with Crippen molar-refractivity contribution < 1.29 is 33.3 Å². The van der Waals surface area contributed by atoms with Crippen LogP contribution in [-0.2, 0) is 33.3 Å². The average Bonchev–Trinajstić information content (AvgIpc) is 2.64. The molecular weight excluding hydrogens is 362 g/mol. The molecule has 1 rings (SSSR count). The molecule has 2 unspecified atom stereocenters. The lowest BCUT2D eigenvalue weighted by molar-refractivity contribution is -0.240. The van der Waals surface area contributed by atoms with E-state index in [0.29, 0.717) is 13.2 Å². The van der Waals surface area contributed by atoms with E-state index in [-0.39, 0.29) is 5.88 Å². The summed E-state index contributed by atoms with van der Waals surface area (Å²) < 4.78 is 27.4. The lowest BCUT2D eigenvalue weighted by atomic mass is 9.84. The van der Waals surface area contributed by atoms with Crippen LogP contribution in [0.3, 0.4) is 0 Å². The predicted molar refractivity (Wildman–Crippen MR) is 96.3 cm³/mol. The van der Waals surface area contributed by atoms with Gasteiger partial charge in [0.05, 0.1) is 7.11 Å². The number of hydrogen-bond acceptors (Lipinski definition) is 7. The van der Waals surface area contributed by atoms with Crippen molar-refractivity contribution in [3.05, 3.63) is 0 Å². The Morgan fingerprint density at radius 1 is 1.04 bits per heavy atom. The van der Waals surface area contributed by atoms with E-state index in [0.717, 1.165) is 25.7 Å². The van der Waals surface area contributed by atoms with Crippen molar-refractivity contribution in [3.8, 4) is 0 Å². The van der Waals surface area contributed by atoms with Gasteiger partial charge in [-0.3, -0.25) is 4.79 Å². The standard InChI is InChI=1S/C17H28BClO7/c1-4-6-8-23-12-13(25-11(20)10-19)15(17(21)22-3)26-16(18)14(12)24-9-7-5-2/h12-16H,4-10H2,1-3H3/t12-,13-,14?,15?,16-/m0/s1. The maximum Gasteiger partial charge on any atom is 0.338 e. The van der Waals surface area contributed by atoms with Crippen LogP contribution in [0.15, 0.2) is 0 Å². The average molecular weight is 391 g/mol. The Morgan fingerprint density at radius 3 is 2.12 bits per heavy atom. The van der Waals surface area contributed by atoms with Crippen molar-refractivity contribution in [2.75, 3.05) is 26.2 Å². The fourth-order valence-electron chi connectivity index (χ4n) is 2.60. The van der Waals surface area contributed by atoms with Crippen LogP contribution < -0.4 is 0 Å². The van der Waals surface area contributed by atoms with Crippen LogP contribution >= 0.6 is 11.6 Å². The van der Waals surface area contributed by atoms with Gasteiger partial charge in [0.25, 0.3) is 0 Å². The second kappa shape index (κ2) is 12.5. The third-order valence-corrected chi connectivity index (χ3v) is 4.22. The van der Waals surface area contributed by atoms with Gasteiger partial charge in [-0.1, -0.05) is 26.7 Å². The Balaban J connectivity index is 3.05. The van der Waals surface area contributed by atoms with E-state index in [4.69, 9.17) is 43.1 Å². The summed E-state index contributed by atoms with van der Waals surface area (Å²) >= 11 is 5.55. The number of methoxy groups -OCH3 is 1. The van der Waals surface area contributed by atoms with E-state index in [1.807, 2.05) is 13.8 Å². The highest BCUT2D eigenvalue weighted by atomic mass is 35.5. The first-order chi connectivity index (χ1) is 12.5. The van der Waals surface area contributed by atoms with E-state index in [1.54, 1.807) is 0 Å². The summed E-state index contributed by atoms with van der Waals surface area (Å²) in [5.74, 6) is -1.76. The van der Waals surface area contributed by atoms with E-state index >= 15 is 0 Å². The summed E-state index contributed by atoms with van der Waals surface area (Å²) in [6, 6.07) is -0.923. The molecule has 0 aromatic carbocycles. The van der Waals surface area contributed by atoms with Crippen molar-refractivity contribution >= 4 is 31.4 Å². The Bertz CT molecular complexity index is 437. The number of carbonyl (C=O) groups is 2. The van der Waals surface area contributed by atoms with Gasteiger partial charge in [-0.2, -0.15) is 0 Å². The van der Waals surface area contributed by atoms with E-state index in [2.05, 4.69) is 0 Å². The lowest BCUT2D eigenvalue weighted by Crippen LogP contribution is -2.63. The number of ether oxygens (including phenoxy) is 5. The molecule has 1 aliphatic heterocycles. The SMILES string of the molecule is [B][C@H]1OC(C(=O)OC)[C@@H](OC(=O)CCl)[C@H](OCCCC)C1OCCCC. The molecule has 1 aliphatic rings. The van der Waals surface area contributed by atoms with Crippen LogP contribution in [0.2, 0.25) is 0 Å². The van der Waals surface area contributed by atoms with Gasteiger partial charge in [-0.25, -0.2) is 4.79 Å². The minimum absolute atomic E-state index is 0.362. The van der Waals surface area contributed by atoms with Crippen molar-refractivity contribution in [2.45, 2.75) is 69.9 Å². The molecule has 1 saturated heterocycles. The highest BCUT2D eigenvalue weighted by Crippen LogP contribution is 2.28. The van der Waals surface area contributed by atoms with Crippen LogP contribution in [0.4, 0.5) is 0 Å². The van der Waals surface area contributed by atoms with Gasteiger partial charge in [0.2, 0.25) is 0 Å². The number of unbranched alkanes of at least 4 members (excludes halogenated alkanes) is 2. The summed E-state index contributed by atoms with van der Waals surface area (Å²) in [6.45, 7) is 4.92. The molecule has 148 valence electrons. The topological polar surface area (TPSA) is 80.3 Å². The van der Waals surface area contributed by atoms with Crippen molar-refractivity contribution in [2.24, 2.45) is 0 Å². The first kappa shape index (κ1) is 23.2. The number of alkyl halides is 1. The monoisotopic (exact) mass is 390 g/mol. The highest BCUT2D eigenvalue weighted by Gasteiger charge is 2.50. The molecule has 26 heavy (non-hydrogen) atoms. The van der Waals surface area contributed by atoms with Gasteiger partial charge in [-0.05, 0) is 12.8 Å². The molecule has 9 heteroatoms. The van der Waals surface area contributed by atoms with E-state index in [9.17, 15) is 9.59 Å². The maximum atomic E-state index is 12.1. The van der Waals surface area contributed by atoms with Gasteiger partial charge in [0, 0.05) is 19.2 Å². The minimum atomic E-state index is -1.21. The normalized spacial score (nSPS) is 28.5. The van der Waals surface area contributed by atoms with Crippen LogP contribution in [0, 0.1) is 0 Å². The molecule has 2 radical (unpaired) electrons. The molecule has 0 bridgehead atoms. The first-order valence-corrected chi connectivity index (χ1v) is 9.51. The largest absolute Gasteiger partial charge is 0.467 e. The molecule has 0 aliphatic carbocycles. The predicted octanol–water partition coefficient (Wildman–Crippen LogP) is 1.57. The summed E-state index contributed by atoms with van der Waals surface area (Å²) in [5, 5.41) is 0. The van der Waals surface area contributed by atoms with E-state index in [1.165, 1.54) is 7.11 Å². The minimum Gasteiger partial charge on any atom is -0.467 e. The molecule has 0 amide bonds. The van der Waals surface area contributed by atoms with Gasteiger partial charge in [0.1, 0.15) is 25.9 Å². The van der Waals surface area contributed by atoms with E-state index < -0.39 is 42.4 Å². The second-order valence-electron chi connectivity index (χ2n) is 6.01. The second-order valence-corrected chi connectivity index (χ2v) is 6.28. The quantitative estimate of drug-likeness (QED) is 0.229. The van der Waals surface area contributed by atoms with Gasteiger partial charge >= 0.3 is 11.9 Å². The third kappa shape index (κ3) is 6.72. The molecule has 0 spiro atoms. The number of hydrogen-bond donors (Lipinski definition) is 0. The third-order valence-electron chi connectivity index (χ3n) is 4.00. The van der Waals surface area contributed by atoms with Crippen LogP contribution in [0.25, 0.3) is 0 Å². The molecule has 0 aromatic rings. The zero-order valence-corrected chi connectivity index (χ0v) is 16.4. The molecule has 0 N–H and O–H groups in total. The molecule has 5 atom stereocenters.